The molecule has 0 spiro atoms. The lowest BCUT2D eigenvalue weighted by Crippen LogP contribution is -2.55. The van der Waals surface area contributed by atoms with Gasteiger partial charge in [-0.3, -0.25) is 9.59 Å². The van der Waals surface area contributed by atoms with Gasteiger partial charge in [0.1, 0.15) is 12.6 Å². The molecule has 0 aliphatic rings. The van der Waals surface area contributed by atoms with Crippen molar-refractivity contribution in [1.82, 2.24) is 0 Å². The van der Waals surface area contributed by atoms with Crippen molar-refractivity contribution in [3.8, 4) is 0 Å². The highest BCUT2D eigenvalue weighted by molar-refractivity contribution is 5.70. The highest BCUT2D eigenvalue weighted by Crippen LogP contribution is 2.14. The summed E-state index contributed by atoms with van der Waals surface area (Å²) in [4.78, 5) is 36.4. The number of aliphatic carboxylic acids is 1. The Hall–Kier alpha value is -1.93. The summed E-state index contributed by atoms with van der Waals surface area (Å²) in [7, 11) is 5.38. The lowest BCUT2D eigenvalue weighted by molar-refractivity contribution is -0.889. The minimum atomic E-state index is -1.13. The number of carboxylic acids is 1. The number of rotatable bonds is 33. The fourth-order valence-electron chi connectivity index (χ4n) is 5.44. The van der Waals surface area contributed by atoms with E-state index in [-0.39, 0.29) is 49.1 Å². The summed E-state index contributed by atoms with van der Waals surface area (Å²) in [5.74, 6) is -1.80. The lowest BCUT2D eigenvalue weighted by atomic mass is 10.0. The van der Waals surface area contributed by atoms with Crippen molar-refractivity contribution >= 4 is 17.9 Å². The number of hydrogen-bond acceptors (Lipinski definition) is 7. The molecule has 0 aromatic carbocycles. The number of quaternary nitrogens is 1. The smallest absolute Gasteiger partial charge is 0.306 e. The van der Waals surface area contributed by atoms with E-state index in [1.807, 2.05) is 6.08 Å². The van der Waals surface area contributed by atoms with Crippen molar-refractivity contribution in [3.63, 3.8) is 0 Å². The Bertz CT molecular complexity index is 778. The normalized spacial score (nSPS) is 13.2. The first-order valence-electron chi connectivity index (χ1n) is 18.7. The standard InChI is InChI=1S/C38H71NO7/c1-6-8-10-12-14-15-16-17-18-19-20-21-23-24-26-28-36(40)45-33-34(32-44-31-30-35(38(42)43)39(3,4)5)46-37(41)29-27-25-22-13-11-9-7-2/h22,25,34-35H,6-21,23-24,26-33H2,1-5H3/b25-22+. The van der Waals surface area contributed by atoms with E-state index in [4.69, 9.17) is 14.2 Å². The van der Waals surface area contributed by atoms with E-state index in [0.29, 0.717) is 12.8 Å². The van der Waals surface area contributed by atoms with Crippen molar-refractivity contribution in [2.45, 2.75) is 174 Å². The number of carboxylic acid groups (broad SMARTS) is 1. The third-order valence-electron chi connectivity index (χ3n) is 8.42. The maximum absolute atomic E-state index is 12.5. The lowest BCUT2D eigenvalue weighted by Gasteiger charge is -2.34. The molecule has 0 N–H and O–H groups in total. The van der Waals surface area contributed by atoms with Crippen LogP contribution in [0.3, 0.4) is 0 Å². The monoisotopic (exact) mass is 654 g/mol. The third-order valence-corrected chi connectivity index (χ3v) is 8.42. The fraction of sp³-hybridized carbons (Fsp3) is 0.868. The molecule has 0 fully saturated rings. The molecular formula is C38H71NO7. The van der Waals surface area contributed by atoms with Crippen LogP contribution in [0.2, 0.25) is 0 Å². The van der Waals surface area contributed by atoms with Crippen LogP contribution in [-0.4, -0.2) is 75.5 Å². The van der Waals surface area contributed by atoms with E-state index in [0.717, 1.165) is 32.1 Å². The maximum atomic E-state index is 12.5. The summed E-state index contributed by atoms with van der Waals surface area (Å²) < 4.78 is 17.0. The second-order valence-electron chi connectivity index (χ2n) is 13.8. The molecular weight excluding hydrogens is 582 g/mol. The number of nitrogens with zero attached hydrogens (tertiary/aromatic N) is 1. The van der Waals surface area contributed by atoms with Crippen molar-refractivity contribution in [1.29, 1.82) is 0 Å². The molecule has 0 aromatic heterocycles. The van der Waals surface area contributed by atoms with Crippen LogP contribution >= 0.6 is 0 Å². The summed E-state index contributed by atoms with van der Waals surface area (Å²) in [5.41, 5.74) is 0. The van der Waals surface area contributed by atoms with Crippen LogP contribution < -0.4 is 5.11 Å². The second-order valence-corrected chi connectivity index (χ2v) is 13.8. The van der Waals surface area contributed by atoms with Crippen molar-refractivity contribution in [3.05, 3.63) is 12.2 Å². The van der Waals surface area contributed by atoms with Gasteiger partial charge in [0.2, 0.25) is 0 Å². The first-order valence-corrected chi connectivity index (χ1v) is 18.7. The molecule has 0 aliphatic carbocycles. The van der Waals surface area contributed by atoms with Gasteiger partial charge in [-0.1, -0.05) is 129 Å². The van der Waals surface area contributed by atoms with Crippen molar-refractivity contribution in [2.24, 2.45) is 0 Å². The SMILES string of the molecule is CCCCC/C=C/CCC(=O)OC(COCCC(C(=O)[O-])[N+](C)(C)C)COC(=O)CCCCCCCCCCCCCCCCC. The Labute approximate surface area is 282 Å². The molecule has 2 unspecified atom stereocenters. The van der Waals surface area contributed by atoms with Gasteiger partial charge in [-0.15, -0.1) is 0 Å². The molecule has 0 aliphatic heterocycles. The molecule has 0 rings (SSSR count). The van der Waals surface area contributed by atoms with Crippen molar-refractivity contribution < 1.29 is 38.2 Å². The van der Waals surface area contributed by atoms with Gasteiger partial charge in [0.05, 0.1) is 40.3 Å². The predicted molar refractivity (Wildman–Crippen MR) is 185 cm³/mol. The Morgan fingerprint density at radius 2 is 1.13 bits per heavy atom. The van der Waals surface area contributed by atoms with Crippen LogP contribution in [-0.2, 0) is 28.6 Å². The van der Waals surface area contributed by atoms with Crippen LogP contribution in [0.1, 0.15) is 162 Å². The molecule has 46 heavy (non-hydrogen) atoms. The van der Waals surface area contributed by atoms with Gasteiger partial charge in [0.15, 0.2) is 6.10 Å². The molecule has 8 heteroatoms. The molecule has 0 heterocycles. The van der Waals surface area contributed by atoms with Gasteiger partial charge in [0, 0.05) is 19.3 Å². The Morgan fingerprint density at radius 3 is 1.65 bits per heavy atom. The topological polar surface area (TPSA) is 102 Å². The average Bonchev–Trinajstić information content (AvgIpc) is 3.00. The number of allylic oxidation sites excluding steroid dienone is 2. The van der Waals surface area contributed by atoms with E-state index in [9.17, 15) is 19.5 Å². The van der Waals surface area contributed by atoms with Gasteiger partial charge < -0.3 is 28.6 Å². The molecule has 0 radical (unpaired) electrons. The number of unbranched alkanes of at least 4 members (excludes halogenated alkanes) is 17. The number of carbonyl (C=O) groups excluding carboxylic acids is 3. The highest BCUT2D eigenvalue weighted by atomic mass is 16.6. The third kappa shape index (κ3) is 28.3. The van der Waals surface area contributed by atoms with E-state index < -0.39 is 18.1 Å². The van der Waals surface area contributed by atoms with Gasteiger partial charge in [-0.2, -0.15) is 0 Å². The van der Waals surface area contributed by atoms with Gasteiger partial charge in [-0.05, 0) is 25.7 Å². The van der Waals surface area contributed by atoms with Crippen LogP contribution in [0.25, 0.3) is 0 Å². The Balaban J connectivity index is 4.32. The van der Waals surface area contributed by atoms with Crippen LogP contribution in [0.5, 0.6) is 0 Å². The molecule has 0 bridgehead atoms. The zero-order chi connectivity index (χ0) is 34.3. The number of esters is 2. The minimum absolute atomic E-state index is 0.0295. The summed E-state index contributed by atoms with van der Waals surface area (Å²) in [6.45, 7) is 4.55. The average molecular weight is 654 g/mol. The van der Waals surface area contributed by atoms with E-state index in [1.54, 1.807) is 21.1 Å². The van der Waals surface area contributed by atoms with Gasteiger partial charge >= 0.3 is 11.9 Å². The number of hydrogen-bond donors (Lipinski definition) is 0. The molecule has 0 saturated carbocycles. The Morgan fingerprint density at radius 1 is 0.630 bits per heavy atom. The summed E-state index contributed by atoms with van der Waals surface area (Å²) >= 11 is 0. The predicted octanol–water partition coefficient (Wildman–Crippen LogP) is 7.85. The molecule has 0 aromatic rings. The van der Waals surface area contributed by atoms with Crippen LogP contribution in [0.15, 0.2) is 12.2 Å². The number of carbonyl (C=O) groups is 3. The quantitative estimate of drug-likeness (QED) is 0.0308. The van der Waals surface area contributed by atoms with Gasteiger partial charge in [-0.25, -0.2) is 0 Å². The highest BCUT2D eigenvalue weighted by Gasteiger charge is 2.25. The van der Waals surface area contributed by atoms with E-state index in [1.165, 1.54) is 89.9 Å². The van der Waals surface area contributed by atoms with Crippen molar-refractivity contribution in [2.75, 3.05) is 41.0 Å². The van der Waals surface area contributed by atoms with Crippen LogP contribution in [0.4, 0.5) is 0 Å². The molecule has 0 saturated heterocycles. The first kappa shape index (κ1) is 44.1. The van der Waals surface area contributed by atoms with E-state index >= 15 is 0 Å². The zero-order valence-electron chi connectivity index (χ0n) is 30.5. The van der Waals surface area contributed by atoms with E-state index in [2.05, 4.69) is 19.9 Å². The summed E-state index contributed by atoms with van der Waals surface area (Å²) in [6, 6.07) is -0.724. The largest absolute Gasteiger partial charge is 0.544 e. The zero-order valence-corrected chi connectivity index (χ0v) is 30.5. The molecule has 2 atom stereocenters. The number of ether oxygens (including phenoxy) is 3. The Kier molecular flexibility index (Phi) is 29.1. The second kappa shape index (κ2) is 30.4. The summed E-state index contributed by atoms with van der Waals surface area (Å²) in [6.07, 6.45) is 28.4. The molecule has 270 valence electrons. The van der Waals surface area contributed by atoms with Gasteiger partial charge in [0.25, 0.3) is 0 Å². The maximum Gasteiger partial charge on any atom is 0.306 e. The molecule has 0 amide bonds. The fourth-order valence-corrected chi connectivity index (χ4v) is 5.44. The number of likely N-dealkylation sites (N-methyl/N-ethyl adjacent to an activating group) is 1. The van der Waals surface area contributed by atoms with Crippen LogP contribution in [0, 0.1) is 0 Å². The first-order chi connectivity index (χ1) is 22.1. The summed E-state index contributed by atoms with van der Waals surface area (Å²) in [5, 5.41) is 11.5. The minimum Gasteiger partial charge on any atom is -0.544 e. The molecule has 8 nitrogen and oxygen atoms in total.